The first-order valence-corrected chi connectivity index (χ1v) is 9.13. The van der Waals surface area contributed by atoms with Crippen molar-refractivity contribution >= 4 is 17.6 Å². The summed E-state index contributed by atoms with van der Waals surface area (Å²) in [4.78, 5) is 17.9. The third-order valence-corrected chi connectivity index (χ3v) is 4.92. The van der Waals surface area contributed by atoms with Crippen LogP contribution >= 0.6 is 0 Å². The van der Waals surface area contributed by atoms with Crippen molar-refractivity contribution in [1.29, 1.82) is 5.41 Å². The second-order valence-corrected chi connectivity index (χ2v) is 7.47. The third-order valence-electron chi connectivity index (χ3n) is 4.92. The Labute approximate surface area is 162 Å². The van der Waals surface area contributed by atoms with E-state index < -0.39 is 17.7 Å². The van der Waals surface area contributed by atoms with Gasteiger partial charge >= 0.3 is 0 Å². The van der Waals surface area contributed by atoms with Crippen LogP contribution in [-0.4, -0.2) is 55.9 Å². The van der Waals surface area contributed by atoms with Crippen molar-refractivity contribution in [3.8, 4) is 11.4 Å². The Bertz CT molecular complexity index is 858. The van der Waals surface area contributed by atoms with Crippen LogP contribution in [0.3, 0.4) is 0 Å². The highest BCUT2D eigenvalue weighted by Gasteiger charge is 2.31. The molecule has 0 amide bonds. The Kier molecular flexibility index (Phi) is 5.83. The Morgan fingerprint density at radius 1 is 1.39 bits per heavy atom. The van der Waals surface area contributed by atoms with Crippen LogP contribution in [-0.2, 0) is 0 Å². The molecule has 28 heavy (non-hydrogen) atoms. The maximum Gasteiger partial charge on any atom is 0.279 e. The molecule has 2 aromatic rings. The summed E-state index contributed by atoms with van der Waals surface area (Å²) in [5, 5.41) is 17.5. The summed E-state index contributed by atoms with van der Waals surface area (Å²) in [6, 6.07) is 1.84. The molecule has 0 aromatic carbocycles. The number of hydrogen-bond acceptors (Lipinski definition) is 6. The van der Waals surface area contributed by atoms with E-state index >= 15 is 0 Å². The van der Waals surface area contributed by atoms with Crippen molar-refractivity contribution < 1.29 is 13.9 Å². The molecule has 1 unspecified atom stereocenters. The first-order chi connectivity index (χ1) is 13.2. The summed E-state index contributed by atoms with van der Waals surface area (Å²) in [5.74, 6) is 1.29. The quantitative estimate of drug-likeness (QED) is 0.658. The second-order valence-electron chi connectivity index (χ2n) is 7.47. The molecule has 3 rings (SSSR count). The Morgan fingerprint density at radius 3 is 2.89 bits per heavy atom. The number of H-pyrrole nitrogens is 1. The van der Waals surface area contributed by atoms with E-state index in [2.05, 4.69) is 24.8 Å². The van der Waals surface area contributed by atoms with E-state index in [0.29, 0.717) is 23.8 Å². The SMILES string of the molecule is CC(C)(O)C1CCCN(c2cc(-c3cnc(/C=C\C(=N)C(F)F)[nH]3)ncn2)C1. The van der Waals surface area contributed by atoms with Gasteiger partial charge in [-0.1, -0.05) is 0 Å². The number of rotatable bonds is 6. The molecule has 0 radical (unpaired) electrons. The van der Waals surface area contributed by atoms with Gasteiger partial charge in [-0.2, -0.15) is 0 Å². The smallest absolute Gasteiger partial charge is 0.279 e. The predicted octanol–water partition coefficient (Wildman–Crippen LogP) is 3.15. The number of hydrogen-bond donors (Lipinski definition) is 3. The average Bonchev–Trinajstić information content (AvgIpc) is 3.14. The highest BCUT2D eigenvalue weighted by molar-refractivity contribution is 5.97. The topological polar surface area (TPSA) is 102 Å². The maximum atomic E-state index is 12.4. The summed E-state index contributed by atoms with van der Waals surface area (Å²) < 4.78 is 24.8. The van der Waals surface area contributed by atoms with E-state index in [-0.39, 0.29) is 5.92 Å². The first kappa shape index (κ1) is 20.1. The zero-order chi connectivity index (χ0) is 20.3. The number of allylic oxidation sites excluding steroid dienone is 1. The summed E-state index contributed by atoms with van der Waals surface area (Å²) in [6.45, 7) is 5.24. The van der Waals surface area contributed by atoms with Gasteiger partial charge < -0.3 is 15.0 Å². The highest BCUT2D eigenvalue weighted by atomic mass is 19.3. The molecule has 0 aliphatic carbocycles. The van der Waals surface area contributed by atoms with Crippen LogP contribution in [0.4, 0.5) is 14.6 Å². The van der Waals surface area contributed by atoms with Crippen molar-refractivity contribution in [1.82, 2.24) is 19.9 Å². The van der Waals surface area contributed by atoms with E-state index in [1.165, 1.54) is 12.4 Å². The lowest BCUT2D eigenvalue weighted by atomic mass is 9.84. The van der Waals surface area contributed by atoms with Gasteiger partial charge in [0.1, 0.15) is 18.0 Å². The molecule has 0 bridgehead atoms. The molecular weight excluding hydrogens is 366 g/mol. The minimum atomic E-state index is -2.81. The number of anilines is 1. The van der Waals surface area contributed by atoms with Crippen LogP contribution in [0.5, 0.6) is 0 Å². The molecule has 1 saturated heterocycles. The molecule has 1 fully saturated rings. The van der Waals surface area contributed by atoms with Crippen molar-refractivity contribution in [3.63, 3.8) is 0 Å². The standard InChI is InChI=1S/C19H24F2N6O/c1-19(2,28)12-4-3-7-27(10-12)17-8-14(24-11-25-17)15-9-23-16(26-15)6-5-13(22)18(20)21/h5-6,8-9,11-12,18,22,28H,3-4,7,10H2,1-2H3,(H,23,26)/b6-5-,22-13?. The highest BCUT2D eigenvalue weighted by Crippen LogP contribution is 2.30. The van der Waals surface area contributed by atoms with Crippen LogP contribution in [0.1, 0.15) is 32.5 Å². The molecule has 0 spiro atoms. The van der Waals surface area contributed by atoms with Gasteiger partial charge in [-0.25, -0.2) is 23.7 Å². The lowest BCUT2D eigenvalue weighted by Crippen LogP contribution is -2.45. The van der Waals surface area contributed by atoms with Crippen molar-refractivity contribution in [3.05, 3.63) is 30.5 Å². The van der Waals surface area contributed by atoms with Crippen LogP contribution in [0.25, 0.3) is 17.5 Å². The average molecular weight is 390 g/mol. The lowest BCUT2D eigenvalue weighted by molar-refractivity contribution is 0.0109. The number of aliphatic hydroxyl groups is 1. The van der Waals surface area contributed by atoms with E-state index in [4.69, 9.17) is 5.41 Å². The molecular formula is C19H24F2N6O. The van der Waals surface area contributed by atoms with Crippen molar-refractivity contribution in [2.24, 2.45) is 5.92 Å². The Morgan fingerprint density at radius 2 is 2.18 bits per heavy atom. The van der Waals surface area contributed by atoms with Gasteiger partial charge in [-0.15, -0.1) is 0 Å². The van der Waals surface area contributed by atoms with Gasteiger partial charge in [0.25, 0.3) is 6.43 Å². The number of piperidine rings is 1. The largest absolute Gasteiger partial charge is 0.390 e. The molecule has 3 N–H and O–H groups in total. The number of imidazole rings is 1. The van der Waals surface area contributed by atoms with Crippen molar-refractivity contribution in [2.45, 2.75) is 38.7 Å². The van der Waals surface area contributed by atoms with Crippen LogP contribution in [0.15, 0.2) is 24.7 Å². The van der Waals surface area contributed by atoms with Crippen molar-refractivity contribution in [2.75, 3.05) is 18.0 Å². The number of aromatic nitrogens is 4. The molecule has 2 aromatic heterocycles. The van der Waals surface area contributed by atoms with Gasteiger partial charge in [-0.3, -0.25) is 5.41 Å². The molecule has 1 atom stereocenters. The lowest BCUT2D eigenvalue weighted by Gasteiger charge is -2.39. The predicted molar refractivity (Wildman–Crippen MR) is 104 cm³/mol. The van der Waals surface area contributed by atoms with Crippen LogP contribution in [0.2, 0.25) is 0 Å². The fraction of sp³-hybridized carbons (Fsp3) is 0.474. The molecule has 1 aliphatic rings. The van der Waals surface area contributed by atoms with Gasteiger partial charge in [0, 0.05) is 25.1 Å². The number of nitrogens with one attached hydrogen (secondary N) is 2. The van der Waals surface area contributed by atoms with E-state index in [0.717, 1.165) is 31.3 Å². The number of alkyl halides is 2. The van der Waals surface area contributed by atoms with Crippen LogP contribution in [0, 0.1) is 11.3 Å². The first-order valence-electron chi connectivity index (χ1n) is 9.13. The zero-order valence-electron chi connectivity index (χ0n) is 15.9. The summed E-state index contributed by atoms with van der Waals surface area (Å²) in [6.07, 6.45) is 4.52. The van der Waals surface area contributed by atoms with Gasteiger partial charge in [0.2, 0.25) is 0 Å². The molecule has 3 heterocycles. The molecule has 0 saturated carbocycles. The maximum absolute atomic E-state index is 12.4. The number of nitrogens with zero attached hydrogens (tertiary/aromatic N) is 4. The zero-order valence-corrected chi connectivity index (χ0v) is 15.9. The summed E-state index contributed by atoms with van der Waals surface area (Å²) >= 11 is 0. The minimum absolute atomic E-state index is 0.161. The fourth-order valence-electron chi connectivity index (χ4n) is 3.22. The monoisotopic (exact) mass is 390 g/mol. The van der Waals surface area contributed by atoms with E-state index in [9.17, 15) is 13.9 Å². The molecule has 150 valence electrons. The van der Waals surface area contributed by atoms with Gasteiger partial charge in [-0.05, 0) is 38.8 Å². The Hall–Kier alpha value is -2.68. The summed E-state index contributed by atoms with van der Waals surface area (Å²) in [5.41, 5.74) is -0.256. The van der Waals surface area contributed by atoms with Crippen LogP contribution < -0.4 is 4.90 Å². The fourth-order valence-corrected chi connectivity index (χ4v) is 3.22. The third kappa shape index (κ3) is 4.78. The van der Waals surface area contributed by atoms with E-state index in [1.54, 1.807) is 6.20 Å². The number of aromatic amines is 1. The van der Waals surface area contributed by atoms with Gasteiger partial charge in [0.15, 0.2) is 0 Å². The normalized spacial score (nSPS) is 18.2. The number of halogens is 2. The molecule has 9 heteroatoms. The minimum Gasteiger partial charge on any atom is -0.390 e. The van der Waals surface area contributed by atoms with Gasteiger partial charge in [0.05, 0.1) is 28.9 Å². The summed E-state index contributed by atoms with van der Waals surface area (Å²) in [7, 11) is 0. The van der Waals surface area contributed by atoms with E-state index in [1.807, 2.05) is 19.9 Å². The molecule has 1 aliphatic heterocycles. The Balaban J connectivity index is 1.76. The second kappa shape index (κ2) is 8.14. The molecule has 7 nitrogen and oxygen atoms in total.